The largest absolute Gasteiger partial charge is 0.496 e. The molecule has 0 saturated carbocycles. The van der Waals surface area contributed by atoms with Crippen molar-refractivity contribution in [3.05, 3.63) is 65.4 Å². The third kappa shape index (κ3) is 5.50. The first-order chi connectivity index (χ1) is 16.7. The number of methoxy groups -OCH3 is 1. The molecular weight excluding hydrogens is 468 g/mol. The normalized spacial score (nSPS) is 14.2. The zero-order chi connectivity index (χ0) is 25.2. The van der Waals surface area contributed by atoms with Crippen LogP contribution >= 0.6 is 0 Å². The Morgan fingerprint density at radius 3 is 2.49 bits per heavy atom. The van der Waals surface area contributed by atoms with Crippen LogP contribution < -0.4 is 15.0 Å². The smallest absolute Gasteiger partial charge is 0.416 e. The van der Waals surface area contributed by atoms with E-state index in [2.05, 4.69) is 15.2 Å². The number of urea groups is 1. The van der Waals surface area contributed by atoms with Gasteiger partial charge in [0.1, 0.15) is 11.6 Å². The lowest BCUT2D eigenvalue weighted by Gasteiger charge is -2.36. The van der Waals surface area contributed by atoms with Gasteiger partial charge >= 0.3 is 12.2 Å². The molecule has 2 aromatic carbocycles. The number of amides is 2. The van der Waals surface area contributed by atoms with Crippen molar-refractivity contribution in [2.75, 3.05) is 38.2 Å². The molecule has 0 aliphatic carbocycles. The molecule has 2 heterocycles. The Morgan fingerprint density at radius 2 is 1.89 bits per heavy atom. The minimum absolute atomic E-state index is 0.0147. The molecule has 0 radical (unpaired) electrons. The Labute approximate surface area is 199 Å². The van der Waals surface area contributed by atoms with E-state index in [9.17, 15) is 22.4 Å². The number of aromatic nitrogens is 1. The van der Waals surface area contributed by atoms with E-state index in [0.29, 0.717) is 49.6 Å². The van der Waals surface area contributed by atoms with Gasteiger partial charge in [-0.05, 0) is 24.3 Å². The van der Waals surface area contributed by atoms with Crippen molar-refractivity contribution in [2.45, 2.75) is 19.6 Å². The molecule has 4 rings (SSSR count). The number of benzene rings is 2. The molecular formula is C24H24F4N4O3. The Bertz CT molecular complexity index is 1200. The van der Waals surface area contributed by atoms with Crippen LogP contribution in [0.4, 0.5) is 28.0 Å². The highest BCUT2D eigenvalue weighted by molar-refractivity contribution is 5.75. The van der Waals surface area contributed by atoms with Crippen molar-refractivity contribution >= 4 is 11.7 Å². The van der Waals surface area contributed by atoms with Crippen molar-refractivity contribution in [3.63, 3.8) is 0 Å². The number of alkyl halides is 3. The van der Waals surface area contributed by atoms with Crippen molar-refractivity contribution in [3.8, 4) is 17.1 Å². The summed E-state index contributed by atoms with van der Waals surface area (Å²) in [7, 11) is 1.58. The number of rotatable bonds is 5. The van der Waals surface area contributed by atoms with Gasteiger partial charge in [0.25, 0.3) is 0 Å². The molecule has 0 unspecified atom stereocenters. The van der Waals surface area contributed by atoms with E-state index in [4.69, 9.17) is 9.15 Å². The molecule has 1 aliphatic heterocycles. The van der Waals surface area contributed by atoms with Gasteiger partial charge in [0, 0.05) is 57.0 Å². The van der Waals surface area contributed by atoms with Crippen LogP contribution in [0.25, 0.3) is 11.3 Å². The number of nitrogens with zero attached hydrogens (tertiary/aromatic N) is 3. The molecule has 7 nitrogen and oxygen atoms in total. The predicted molar refractivity (Wildman–Crippen MR) is 121 cm³/mol. The molecule has 0 atom stereocenters. The van der Waals surface area contributed by atoms with E-state index < -0.39 is 23.6 Å². The molecule has 11 heteroatoms. The first kappa shape index (κ1) is 24.4. The number of piperazine rings is 1. The lowest BCUT2D eigenvalue weighted by atomic mass is 10.1. The Balaban J connectivity index is 1.33. The van der Waals surface area contributed by atoms with Crippen LogP contribution in [0.3, 0.4) is 0 Å². The number of carbonyl (C=O) groups is 1. The first-order valence-corrected chi connectivity index (χ1v) is 10.9. The average Bonchev–Trinajstić information content (AvgIpc) is 3.28. The third-order valence-electron chi connectivity index (χ3n) is 5.81. The summed E-state index contributed by atoms with van der Waals surface area (Å²) in [5.74, 6) is 0.790. The van der Waals surface area contributed by atoms with E-state index >= 15 is 0 Å². The molecule has 2 amide bonds. The number of halogens is 4. The number of ether oxygens (including phenoxy) is 1. The molecule has 186 valence electrons. The van der Waals surface area contributed by atoms with Gasteiger partial charge in [-0.1, -0.05) is 6.07 Å². The molecule has 1 aromatic heterocycles. The molecule has 3 aromatic rings. The molecule has 1 saturated heterocycles. The Kier molecular flexibility index (Phi) is 6.86. The second kappa shape index (κ2) is 9.85. The van der Waals surface area contributed by atoms with Gasteiger partial charge in [-0.2, -0.15) is 13.2 Å². The lowest BCUT2D eigenvalue weighted by Crippen LogP contribution is -2.51. The minimum Gasteiger partial charge on any atom is -0.496 e. The van der Waals surface area contributed by atoms with Gasteiger partial charge in [-0.3, -0.25) is 0 Å². The van der Waals surface area contributed by atoms with Gasteiger partial charge in [0.05, 0.1) is 24.4 Å². The van der Waals surface area contributed by atoms with Crippen LogP contribution in [0.2, 0.25) is 0 Å². The maximum absolute atomic E-state index is 14.0. The van der Waals surface area contributed by atoms with Gasteiger partial charge in [0.15, 0.2) is 11.7 Å². The number of carbonyl (C=O) groups excluding carboxylic acids is 1. The quantitative estimate of drug-likeness (QED) is 0.516. The third-order valence-corrected chi connectivity index (χ3v) is 5.81. The number of anilines is 1. The fourth-order valence-corrected chi connectivity index (χ4v) is 3.88. The van der Waals surface area contributed by atoms with Crippen molar-refractivity contribution in [2.24, 2.45) is 0 Å². The second-order valence-corrected chi connectivity index (χ2v) is 8.06. The number of nitrogens with one attached hydrogen (secondary N) is 1. The summed E-state index contributed by atoms with van der Waals surface area (Å²) < 4.78 is 63.2. The van der Waals surface area contributed by atoms with Crippen LogP contribution in [-0.2, 0) is 12.7 Å². The molecule has 1 aliphatic rings. The molecule has 1 N–H and O–H groups in total. The predicted octanol–water partition coefficient (Wildman–Crippen LogP) is 4.85. The van der Waals surface area contributed by atoms with Crippen LogP contribution in [0.1, 0.15) is 17.0 Å². The monoisotopic (exact) mass is 492 g/mol. The molecule has 0 bridgehead atoms. The van der Waals surface area contributed by atoms with Crippen LogP contribution in [-0.4, -0.2) is 49.2 Å². The van der Waals surface area contributed by atoms with E-state index in [0.717, 1.165) is 23.4 Å². The van der Waals surface area contributed by atoms with E-state index in [1.54, 1.807) is 25.1 Å². The van der Waals surface area contributed by atoms with Crippen LogP contribution in [0.5, 0.6) is 5.75 Å². The fourth-order valence-electron chi connectivity index (χ4n) is 3.88. The molecule has 35 heavy (non-hydrogen) atoms. The molecule has 0 spiro atoms. The summed E-state index contributed by atoms with van der Waals surface area (Å²) >= 11 is 0. The summed E-state index contributed by atoms with van der Waals surface area (Å²) in [5, 5.41) is 2.58. The number of hydrogen-bond donors (Lipinski definition) is 1. The van der Waals surface area contributed by atoms with Gasteiger partial charge in [0.2, 0.25) is 0 Å². The Morgan fingerprint density at radius 1 is 1.14 bits per heavy atom. The zero-order valence-electron chi connectivity index (χ0n) is 19.2. The maximum Gasteiger partial charge on any atom is 0.416 e. The minimum atomic E-state index is -4.62. The summed E-state index contributed by atoms with van der Waals surface area (Å²) in [4.78, 5) is 20.3. The van der Waals surface area contributed by atoms with E-state index in [1.165, 1.54) is 0 Å². The van der Waals surface area contributed by atoms with Crippen molar-refractivity contribution < 1.29 is 31.5 Å². The lowest BCUT2D eigenvalue weighted by molar-refractivity contribution is -0.137. The average molecular weight is 492 g/mol. The summed E-state index contributed by atoms with van der Waals surface area (Å²) in [5.41, 5.74) is 0.625. The SMILES string of the molecule is COc1cc(N2CCN(C(=O)NCc3ccc(C(F)(F)F)cc3F)CC2)ccc1-c1cnc(C)o1. The van der Waals surface area contributed by atoms with Gasteiger partial charge < -0.3 is 24.3 Å². The number of hydrogen-bond acceptors (Lipinski definition) is 5. The summed E-state index contributed by atoms with van der Waals surface area (Å²) in [6.07, 6.45) is -2.98. The summed E-state index contributed by atoms with van der Waals surface area (Å²) in [6.45, 7) is 3.53. The fraction of sp³-hybridized carbons (Fsp3) is 0.333. The van der Waals surface area contributed by atoms with E-state index in [-0.39, 0.29) is 12.1 Å². The summed E-state index contributed by atoms with van der Waals surface area (Å²) in [6, 6.07) is 7.60. The maximum atomic E-state index is 14.0. The highest BCUT2D eigenvalue weighted by Crippen LogP contribution is 2.34. The van der Waals surface area contributed by atoms with Gasteiger partial charge in [-0.15, -0.1) is 0 Å². The van der Waals surface area contributed by atoms with Crippen molar-refractivity contribution in [1.29, 1.82) is 0 Å². The number of aryl methyl sites for hydroxylation is 1. The second-order valence-electron chi connectivity index (χ2n) is 8.06. The number of oxazole rings is 1. The van der Waals surface area contributed by atoms with Crippen LogP contribution in [0.15, 0.2) is 47.0 Å². The zero-order valence-corrected chi connectivity index (χ0v) is 19.2. The first-order valence-electron chi connectivity index (χ1n) is 10.9. The van der Waals surface area contributed by atoms with Crippen molar-refractivity contribution in [1.82, 2.24) is 15.2 Å². The molecule has 1 fully saturated rings. The standard InChI is InChI=1S/C24H24F4N4O3/c1-15-29-14-22(35-15)19-6-5-18(12-21(19)34-2)31-7-9-32(10-8-31)23(33)30-13-16-3-4-17(11-20(16)25)24(26,27)28/h3-6,11-12,14H,7-10,13H2,1-2H3,(H,30,33). The topological polar surface area (TPSA) is 70.8 Å². The highest BCUT2D eigenvalue weighted by Gasteiger charge is 2.31. The van der Waals surface area contributed by atoms with E-state index in [1.807, 2.05) is 18.2 Å². The van der Waals surface area contributed by atoms with Crippen LogP contribution in [0, 0.1) is 12.7 Å². The van der Waals surface area contributed by atoms with Gasteiger partial charge in [-0.25, -0.2) is 14.2 Å². The highest BCUT2D eigenvalue weighted by atomic mass is 19.4. The Hall–Kier alpha value is -3.76.